The molecule has 9 nitrogen and oxygen atoms in total. The van der Waals surface area contributed by atoms with E-state index in [1.165, 1.54) is 11.0 Å². The van der Waals surface area contributed by atoms with Crippen LogP contribution in [0.25, 0.3) is 5.69 Å². The molecule has 2 atom stereocenters. The number of likely N-dealkylation sites (tertiary alicyclic amines) is 1. The number of nitrogens with one attached hydrogen (secondary N) is 1. The third-order valence-electron chi connectivity index (χ3n) is 4.99. The van der Waals surface area contributed by atoms with Crippen molar-refractivity contribution >= 4 is 15.7 Å². The topological polar surface area (TPSA) is 110 Å². The van der Waals surface area contributed by atoms with Crippen LogP contribution in [-0.4, -0.2) is 76.1 Å². The molecule has 1 aromatic carbocycles. The number of nitrogens with zero attached hydrogens (tertiary/aromatic N) is 5. The summed E-state index contributed by atoms with van der Waals surface area (Å²) in [5.74, 6) is -0.140. The number of rotatable bonds is 4. The van der Waals surface area contributed by atoms with Crippen molar-refractivity contribution < 1.29 is 13.2 Å². The van der Waals surface area contributed by atoms with Gasteiger partial charge in [0.1, 0.15) is 6.33 Å². The number of benzene rings is 1. The van der Waals surface area contributed by atoms with Gasteiger partial charge in [-0.1, -0.05) is 0 Å². The second kappa shape index (κ2) is 6.76. The van der Waals surface area contributed by atoms with E-state index in [4.69, 9.17) is 0 Å². The fraction of sp³-hybridized carbons (Fsp3) is 0.500. The summed E-state index contributed by atoms with van der Waals surface area (Å²) in [7, 11) is -3.13. The Hall–Kier alpha value is -2.33. The van der Waals surface area contributed by atoms with Gasteiger partial charge in [-0.05, 0) is 60.6 Å². The summed E-state index contributed by atoms with van der Waals surface area (Å²) in [6, 6.07) is 6.35. The molecule has 2 aromatic rings. The van der Waals surface area contributed by atoms with Crippen LogP contribution in [0.3, 0.4) is 0 Å². The molecule has 0 bridgehead atoms. The summed E-state index contributed by atoms with van der Waals surface area (Å²) in [4.78, 5) is 14.8. The number of amides is 1. The molecule has 1 amide bonds. The van der Waals surface area contributed by atoms with Crippen molar-refractivity contribution in [2.75, 3.05) is 24.6 Å². The first kappa shape index (κ1) is 17.1. The Kier molecular flexibility index (Phi) is 4.45. The molecule has 10 heteroatoms. The van der Waals surface area contributed by atoms with Crippen LogP contribution in [0.15, 0.2) is 30.6 Å². The molecule has 4 rings (SSSR count). The van der Waals surface area contributed by atoms with Crippen molar-refractivity contribution in [1.82, 2.24) is 30.4 Å². The maximum atomic E-state index is 12.6. The Morgan fingerprint density at radius 3 is 2.50 bits per heavy atom. The lowest BCUT2D eigenvalue weighted by Crippen LogP contribution is -2.50. The summed E-state index contributed by atoms with van der Waals surface area (Å²) >= 11 is 0. The zero-order chi connectivity index (χ0) is 18.1. The Morgan fingerprint density at radius 1 is 1.12 bits per heavy atom. The molecule has 0 radical (unpaired) electrons. The van der Waals surface area contributed by atoms with Crippen LogP contribution in [-0.2, 0) is 9.84 Å². The predicted molar refractivity (Wildman–Crippen MR) is 93.7 cm³/mol. The standard InChI is InChI=1S/C16H20N6O3S/c23-16(12-3-5-13(6-4-12)22-11-17-19-20-22)18-14-9-26(24,25)10-15(14)21-7-1-2-8-21/h3-6,11,14-15H,1-2,7-10H2,(H,18,23). The molecule has 1 N–H and O–H groups in total. The van der Waals surface area contributed by atoms with Crippen LogP contribution in [0, 0.1) is 0 Å². The van der Waals surface area contributed by atoms with Gasteiger partial charge in [0.25, 0.3) is 5.91 Å². The van der Waals surface area contributed by atoms with E-state index in [0.717, 1.165) is 31.6 Å². The quantitative estimate of drug-likeness (QED) is 0.777. The third kappa shape index (κ3) is 3.47. The van der Waals surface area contributed by atoms with E-state index in [-0.39, 0.29) is 29.5 Å². The number of carbonyl (C=O) groups excluding carboxylic acids is 1. The van der Waals surface area contributed by atoms with Crippen LogP contribution < -0.4 is 5.32 Å². The minimum absolute atomic E-state index is 0.00260. The number of hydrogen-bond acceptors (Lipinski definition) is 7. The van der Waals surface area contributed by atoms with Crippen LogP contribution in [0.4, 0.5) is 0 Å². The monoisotopic (exact) mass is 376 g/mol. The third-order valence-corrected chi connectivity index (χ3v) is 6.71. The van der Waals surface area contributed by atoms with Gasteiger partial charge >= 0.3 is 0 Å². The smallest absolute Gasteiger partial charge is 0.251 e. The second-order valence-corrected chi connectivity index (χ2v) is 8.92. The van der Waals surface area contributed by atoms with E-state index >= 15 is 0 Å². The van der Waals surface area contributed by atoms with Crippen molar-refractivity contribution in [3.8, 4) is 5.69 Å². The highest BCUT2D eigenvalue weighted by Crippen LogP contribution is 2.23. The van der Waals surface area contributed by atoms with Gasteiger partial charge in [-0.15, -0.1) is 5.10 Å². The molecule has 0 aliphatic carbocycles. The Morgan fingerprint density at radius 2 is 1.85 bits per heavy atom. The maximum absolute atomic E-state index is 12.6. The van der Waals surface area contributed by atoms with Gasteiger partial charge in [-0.2, -0.15) is 0 Å². The van der Waals surface area contributed by atoms with E-state index in [1.807, 2.05) is 0 Å². The Labute approximate surface area is 151 Å². The minimum atomic E-state index is -3.13. The fourth-order valence-electron chi connectivity index (χ4n) is 3.70. The molecule has 26 heavy (non-hydrogen) atoms. The number of sulfone groups is 1. The largest absolute Gasteiger partial charge is 0.347 e. The van der Waals surface area contributed by atoms with Crippen molar-refractivity contribution in [3.63, 3.8) is 0 Å². The van der Waals surface area contributed by atoms with Gasteiger partial charge in [0.15, 0.2) is 9.84 Å². The van der Waals surface area contributed by atoms with E-state index in [9.17, 15) is 13.2 Å². The summed E-state index contributed by atoms with van der Waals surface area (Å²) in [6.07, 6.45) is 3.63. The average Bonchev–Trinajstić information content (AvgIpc) is 3.36. The summed E-state index contributed by atoms with van der Waals surface area (Å²) in [5, 5.41) is 13.9. The molecule has 2 aliphatic rings. The van der Waals surface area contributed by atoms with Gasteiger partial charge in [0.2, 0.25) is 0 Å². The minimum Gasteiger partial charge on any atom is -0.347 e. The summed E-state index contributed by atoms with van der Waals surface area (Å²) in [6.45, 7) is 1.79. The molecule has 0 saturated carbocycles. The number of carbonyl (C=O) groups is 1. The summed E-state index contributed by atoms with van der Waals surface area (Å²) < 4.78 is 25.7. The highest BCUT2D eigenvalue weighted by Gasteiger charge is 2.42. The van der Waals surface area contributed by atoms with Gasteiger partial charge in [0, 0.05) is 11.6 Å². The summed E-state index contributed by atoms with van der Waals surface area (Å²) in [5.41, 5.74) is 1.22. The molecule has 2 unspecified atom stereocenters. The van der Waals surface area contributed by atoms with E-state index in [2.05, 4.69) is 25.7 Å². The van der Waals surface area contributed by atoms with Crippen LogP contribution >= 0.6 is 0 Å². The normalized spacial score (nSPS) is 25.4. The molecule has 138 valence electrons. The van der Waals surface area contributed by atoms with Crippen LogP contribution in [0.2, 0.25) is 0 Å². The van der Waals surface area contributed by atoms with Gasteiger partial charge in [0.05, 0.1) is 23.2 Å². The van der Waals surface area contributed by atoms with Crippen molar-refractivity contribution in [2.45, 2.75) is 24.9 Å². The van der Waals surface area contributed by atoms with Crippen molar-refractivity contribution in [3.05, 3.63) is 36.2 Å². The molecule has 1 aromatic heterocycles. The zero-order valence-electron chi connectivity index (χ0n) is 14.2. The average molecular weight is 376 g/mol. The van der Waals surface area contributed by atoms with Gasteiger partial charge < -0.3 is 5.32 Å². The lowest BCUT2D eigenvalue weighted by atomic mass is 10.1. The number of aromatic nitrogens is 4. The first-order valence-corrected chi connectivity index (χ1v) is 10.4. The second-order valence-electron chi connectivity index (χ2n) is 6.77. The van der Waals surface area contributed by atoms with E-state index < -0.39 is 9.84 Å². The SMILES string of the molecule is O=C(NC1CS(=O)(=O)CC1N1CCCC1)c1ccc(-n2cnnn2)cc1. The maximum Gasteiger partial charge on any atom is 0.251 e. The number of tetrazole rings is 1. The van der Waals surface area contributed by atoms with E-state index in [0.29, 0.717) is 5.56 Å². The van der Waals surface area contributed by atoms with Gasteiger partial charge in [-0.3, -0.25) is 9.69 Å². The van der Waals surface area contributed by atoms with Crippen molar-refractivity contribution in [1.29, 1.82) is 0 Å². The molecule has 2 saturated heterocycles. The first-order chi connectivity index (χ1) is 12.5. The van der Waals surface area contributed by atoms with Crippen LogP contribution in [0.5, 0.6) is 0 Å². The molecular weight excluding hydrogens is 356 g/mol. The lowest BCUT2D eigenvalue weighted by molar-refractivity contribution is 0.0918. The number of hydrogen-bond donors (Lipinski definition) is 1. The Balaban J connectivity index is 1.47. The first-order valence-electron chi connectivity index (χ1n) is 8.61. The van der Waals surface area contributed by atoms with Crippen LogP contribution in [0.1, 0.15) is 23.2 Å². The molecular formula is C16H20N6O3S. The molecule has 2 fully saturated rings. The van der Waals surface area contributed by atoms with E-state index in [1.54, 1.807) is 24.3 Å². The fourth-order valence-corrected chi connectivity index (χ4v) is 5.65. The zero-order valence-corrected chi connectivity index (χ0v) is 15.0. The van der Waals surface area contributed by atoms with Crippen molar-refractivity contribution in [2.24, 2.45) is 0 Å². The molecule has 3 heterocycles. The predicted octanol–water partition coefficient (Wildman–Crippen LogP) is -0.346. The molecule has 0 spiro atoms. The highest BCUT2D eigenvalue weighted by atomic mass is 32.2. The highest BCUT2D eigenvalue weighted by molar-refractivity contribution is 7.91. The Bertz CT molecular complexity index is 875. The lowest BCUT2D eigenvalue weighted by Gasteiger charge is -2.28. The molecule has 2 aliphatic heterocycles. The van der Waals surface area contributed by atoms with Gasteiger partial charge in [-0.25, -0.2) is 13.1 Å².